The van der Waals surface area contributed by atoms with Gasteiger partial charge in [-0.3, -0.25) is 9.48 Å². The zero-order chi connectivity index (χ0) is 17.3. The Morgan fingerprint density at radius 3 is 2.44 bits per heavy atom. The number of nitrogens with zero attached hydrogens (tertiary/aromatic N) is 6. The zero-order valence-corrected chi connectivity index (χ0v) is 17.7. The lowest BCUT2D eigenvalue weighted by molar-refractivity contribution is -0.143. The van der Waals surface area contributed by atoms with E-state index in [-0.39, 0.29) is 30.7 Å². The zero-order valence-electron chi connectivity index (χ0n) is 15.2. The minimum absolute atomic E-state index is 0. The summed E-state index contributed by atoms with van der Waals surface area (Å²) in [6, 6.07) is 1.90. The van der Waals surface area contributed by atoms with E-state index >= 15 is 0 Å². The molecule has 0 saturated carbocycles. The number of nitrogens with one attached hydrogen (secondary N) is 1. The second-order valence-electron chi connectivity index (χ2n) is 6.64. The SMILES string of the molecule is Cc1nsc(N2CCN(C(=O)C3(n4cccn4)CCNCC3)CC2)n1.Cl.Cl. The van der Waals surface area contributed by atoms with Crippen molar-refractivity contribution in [2.24, 2.45) is 0 Å². The van der Waals surface area contributed by atoms with Gasteiger partial charge < -0.3 is 15.1 Å². The Labute approximate surface area is 175 Å². The molecular formula is C16H25Cl2N7OS. The smallest absolute Gasteiger partial charge is 0.250 e. The molecule has 2 saturated heterocycles. The van der Waals surface area contributed by atoms with Crippen LogP contribution in [-0.4, -0.2) is 69.2 Å². The summed E-state index contributed by atoms with van der Waals surface area (Å²) in [5, 5.41) is 8.72. The van der Waals surface area contributed by atoms with Gasteiger partial charge in [-0.15, -0.1) is 24.8 Å². The molecule has 8 nitrogen and oxygen atoms in total. The monoisotopic (exact) mass is 433 g/mol. The van der Waals surface area contributed by atoms with Gasteiger partial charge in [0.1, 0.15) is 11.4 Å². The lowest BCUT2D eigenvalue weighted by Crippen LogP contribution is -2.59. The summed E-state index contributed by atoms with van der Waals surface area (Å²) in [5.74, 6) is 1.01. The highest BCUT2D eigenvalue weighted by Gasteiger charge is 2.45. The fraction of sp³-hybridized carbons (Fsp3) is 0.625. The summed E-state index contributed by atoms with van der Waals surface area (Å²) in [6.45, 7) is 6.62. The third-order valence-electron chi connectivity index (χ3n) is 5.13. The molecule has 2 aromatic rings. The van der Waals surface area contributed by atoms with Crippen LogP contribution in [-0.2, 0) is 10.3 Å². The van der Waals surface area contributed by atoms with Gasteiger partial charge in [0, 0.05) is 50.1 Å². The van der Waals surface area contributed by atoms with Crippen molar-refractivity contribution in [3.8, 4) is 0 Å². The van der Waals surface area contributed by atoms with Gasteiger partial charge in [-0.25, -0.2) is 4.98 Å². The van der Waals surface area contributed by atoms with E-state index in [0.717, 1.165) is 50.0 Å². The van der Waals surface area contributed by atoms with Gasteiger partial charge in [0.25, 0.3) is 5.91 Å². The summed E-state index contributed by atoms with van der Waals surface area (Å²) in [4.78, 5) is 22.1. The summed E-state index contributed by atoms with van der Waals surface area (Å²) < 4.78 is 6.13. The van der Waals surface area contributed by atoms with E-state index < -0.39 is 5.54 Å². The van der Waals surface area contributed by atoms with Gasteiger partial charge in [0.2, 0.25) is 5.13 Å². The normalized spacial score (nSPS) is 19.1. The number of aryl methyl sites for hydroxylation is 1. The van der Waals surface area contributed by atoms with Gasteiger partial charge in [0.05, 0.1) is 0 Å². The second-order valence-corrected chi connectivity index (χ2v) is 7.37. The van der Waals surface area contributed by atoms with E-state index in [9.17, 15) is 4.79 Å². The molecular weight excluding hydrogens is 409 g/mol. The van der Waals surface area contributed by atoms with E-state index in [1.54, 1.807) is 6.20 Å². The third-order valence-corrected chi connectivity index (χ3v) is 5.99. The molecule has 0 atom stereocenters. The van der Waals surface area contributed by atoms with Crippen molar-refractivity contribution in [1.29, 1.82) is 0 Å². The number of hydrogen-bond acceptors (Lipinski definition) is 7. The van der Waals surface area contributed by atoms with Crippen LogP contribution in [0.5, 0.6) is 0 Å². The Hall–Kier alpha value is -1.42. The number of aromatic nitrogens is 4. The van der Waals surface area contributed by atoms with Gasteiger partial charge in [-0.05, 0) is 38.9 Å². The van der Waals surface area contributed by atoms with Crippen LogP contribution >= 0.6 is 36.3 Å². The molecule has 0 bridgehead atoms. The molecule has 4 rings (SSSR count). The summed E-state index contributed by atoms with van der Waals surface area (Å²) >= 11 is 1.43. The highest BCUT2D eigenvalue weighted by molar-refractivity contribution is 7.09. The molecule has 0 spiro atoms. The van der Waals surface area contributed by atoms with Crippen molar-refractivity contribution in [1.82, 2.24) is 29.4 Å². The van der Waals surface area contributed by atoms with Crippen LogP contribution in [0, 0.1) is 6.92 Å². The molecule has 1 N–H and O–H groups in total. The molecule has 0 radical (unpaired) electrons. The number of hydrogen-bond donors (Lipinski definition) is 1. The van der Waals surface area contributed by atoms with E-state index in [1.165, 1.54) is 11.5 Å². The number of piperazine rings is 1. The van der Waals surface area contributed by atoms with E-state index in [4.69, 9.17) is 0 Å². The molecule has 0 unspecified atom stereocenters. The van der Waals surface area contributed by atoms with Crippen LogP contribution in [0.15, 0.2) is 18.5 Å². The van der Waals surface area contributed by atoms with Crippen molar-refractivity contribution >= 4 is 47.4 Å². The maximum atomic E-state index is 13.4. The van der Waals surface area contributed by atoms with Crippen LogP contribution in [0.1, 0.15) is 18.7 Å². The maximum absolute atomic E-state index is 13.4. The largest absolute Gasteiger partial charge is 0.343 e. The summed E-state index contributed by atoms with van der Waals surface area (Å²) in [7, 11) is 0. The van der Waals surface area contributed by atoms with Gasteiger partial charge in [0.15, 0.2) is 0 Å². The van der Waals surface area contributed by atoms with E-state index in [2.05, 4.69) is 24.7 Å². The average molecular weight is 434 g/mol. The second kappa shape index (κ2) is 9.18. The van der Waals surface area contributed by atoms with Crippen molar-refractivity contribution in [3.63, 3.8) is 0 Å². The Kier molecular flexibility index (Phi) is 7.44. The number of amides is 1. The quantitative estimate of drug-likeness (QED) is 0.785. The molecule has 150 valence electrons. The fourth-order valence-corrected chi connectivity index (χ4v) is 4.44. The minimum atomic E-state index is -0.545. The molecule has 2 aromatic heterocycles. The third kappa shape index (κ3) is 4.21. The number of halogens is 2. The molecule has 1 amide bonds. The van der Waals surface area contributed by atoms with Crippen molar-refractivity contribution in [3.05, 3.63) is 24.3 Å². The maximum Gasteiger partial charge on any atom is 0.250 e. The molecule has 0 aromatic carbocycles. The Bertz CT molecular complexity index is 725. The number of carbonyl (C=O) groups is 1. The average Bonchev–Trinajstić information content (AvgIpc) is 3.34. The van der Waals surface area contributed by atoms with Gasteiger partial charge in [-0.1, -0.05) is 0 Å². The first kappa shape index (κ1) is 21.9. The molecule has 0 aliphatic carbocycles. The van der Waals surface area contributed by atoms with Crippen molar-refractivity contribution < 1.29 is 4.79 Å². The molecule has 4 heterocycles. The highest BCUT2D eigenvalue weighted by Crippen LogP contribution is 2.30. The van der Waals surface area contributed by atoms with Gasteiger partial charge >= 0.3 is 0 Å². The molecule has 2 fully saturated rings. The molecule has 11 heteroatoms. The number of carbonyl (C=O) groups excluding carboxylic acids is 1. The number of piperidine rings is 1. The molecule has 2 aliphatic rings. The minimum Gasteiger partial charge on any atom is -0.343 e. The number of anilines is 1. The Balaban J connectivity index is 0.00000131. The van der Waals surface area contributed by atoms with Crippen LogP contribution in [0.2, 0.25) is 0 Å². The van der Waals surface area contributed by atoms with E-state index in [1.807, 2.05) is 28.8 Å². The van der Waals surface area contributed by atoms with Crippen LogP contribution < -0.4 is 10.2 Å². The standard InChI is InChI=1S/C16H23N7OS.2ClH/c1-13-19-15(25-20-13)22-11-9-21(10-12-22)14(24)16(3-6-17-7-4-16)23-8-2-5-18-23;;/h2,5,8,17H,3-4,6-7,9-12H2,1H3;2*1H. The molecule has 2 aliphatic heterocycles. The summed E-state index contributed by atoms with van der Waals surface area (Å²) in [5.41, 5.74) is -0.545. The van der Waals surface area contributed by atoms with Crippen LogP contribution in [0.3, 0.4) is 0 Å². The Morgan fingerprint density at radius 1 is 1.19 bits per heavy atom. The summed E-state index contributed by atoms with van der Waals surface area (Å²) in [6.07, 6.45) is 5.24. The first-order chi connectivity index (χ1) is 12.2. The lowest BCUT2D eigenvalue weighted by atomic mass is 9.86. The first-order valence-electron chi connectivity index (χ1n) is 8.74. The highest BCUT2D eigenvalue weighted by atomic mass is 35.5. The van der Waals surface area contributed by atoms with E-state index in [0.29, 0.717) is 13.1 Å². The van der Waals surface area contributed by atoms with Crippen LogP contribution in [0.4, 0.5) is 5.13 Å². The first-order valence-corrected chi connectivity index (χ1v) is 9.52. The van der Waals surface area contributed by atoms with Crippen LogP contribution in [0.25, 0.3) is 0 Å². The van der Waals surface area contributed by atoms with Crippen molar-refractivity contribution in [2.75, 3.05) is 44.2 Å². The Morgan fingerprint density at radius 2 is 1.89 bits per heavy atom. The molecule has 27 heavy (non-hydrogen) atoms. The fourth-order valence-electron chi connectivity index (χ4n) is 3.71. The topological polar surface area (TPSA) is 79.2 Å². The van der Waals surface area contributed by atoms with Gasteiger partial charge in [-0.2, -0.15) is 9.47 Å². The predicted octanol–water partition coefficient (Wildman–Crippen LogP) is 1.31. The number of rotatable bonds is 3. The predicted molar refractivity (Wildman–Crippen MR) is 110 cm³/mol. The lowest BCUT2D eigenvalue weighted by Gasteiger charge is -2.43. The van der Waals surface area contributed by atoms with Crippen molar-refractivity contribution in [2.45, 2.75) is 25.3 Å².